The predicted octanol–water partition coefficient (Wildman–Crippen LogP) is 1.71. The number of hydrogen-bond donors (Lipinski definition) is 1. The Morgan fingerprint density at radius 3 is 3.00 bits per heavy atom. The number of hydrogen-bond acceptors (Lipinski definition) is 5. The maximum absolute atomic E-state index is 12.6. The van der Waals surface area contributed by atoms with Crippen LogP contribution in [0.5, 0.6) is 0 Å². The molecule has 1 aliphatic rings. The Balaban J connectivity index is 1.72. The van der Waals surface area contributed by atoms with Gasteiger partial charge in [0, 0.05) is 17.5 Å². The van der Waals surface area contributed by atoms with Crippen LogP contribution in [0.2, 0.25) is 0 Å². The molecule has 7 nitrogen and oxygen atoms in total. The molecule has 2 aromatic rings. The number of amides is 1. The van der Waals surface area contributed by atoms with Crippen LogP contribution in [0.3, 0.4) is 0 Å². The fourth-order valence-corrected chi connectivity index (χ4v) is 3.64. The van der Waals surface area contributed by atoms with Crippen molar-refractivity contribution in [3.8, 4) is 0 Å². The molecule has 1 saturated heterocycles. The number of carboxylic acids is 1. The molecule has 0 bridgehead atoms. The minimum absolute atomic E-state index is 0.249. The van der Waals surface area contributed by atoms with Gasteiger partial charge in [-0.2, -0.15) is 0 Å². The topological polar surface area (TPSA) is 88.3 Å². The maximum Gasteiger partial charge on any atom is 0.308 e. The van der Waals surface area contributed by atoms with Crippen LogP contribution in [-0.2, 0) is 11.3 Å². The van der Waals surface area contributed by atoms with Crippen LogP contribution >= 0.6 is 11.3 Å². The van der Waals surface area contributed by atoms with E-state index in [0.717, 1.165) is 4.88 Å². The number of aliphatic carboxylic acids is 1. The van der Waals surface area contributed by atoms with Crippen molar-refractivity contribution in [1.82, 2.24) is 19.9 Å². The number of carboxylic acid groups (broad SMARTS) is 1. The third-order valence-electron chi connectivity index (χ3n) is 4.22. The van der Waals surface area contributed by atoms with Crippen LogP contribution < -0.4 is 0 Å². The molecule has 1 N–H and O–H groups in total. The van der Waals surface area contributed by atoms with Crippen molar-refractivity contribution >= 4 is 23.2 Å². The minimum atomic E-state index is -0.851. The summed E-state index contributed by atoms with van der Waals surface area (Å²) in [5.41, 5.74) is 0.263. The highest BCUT2D eigenvalue weighted by Crippen LogP contribution is 2.25. The molecule has 2 aromatic heterocycles. The molecule has 1 fully saturated rings. The van der Waals surface area contributed by atoms with E-state index in [0.29, 0.717) is 25.9 Å². The van der Waals surface area contributed by atoms with Gasteiger partial charge in [0.2, 0.25) is 0 Å². The summed E-state index contributed by atoms with van der Waals surface area (Å²) in [6, 6.07) is 3.62. The van der Waals surface area contributed by atoms with Gasteiger partial charge in [-0.05, 0) is 31.2 Å². The standard InChI is InChI=1S/C15H18N4O3S/c1-10-12(15(21)22)5-2-6-19(10)14(20)13-9-18(17-16-13)8-11-4-3-7-23-11/h3-4,7,9-10,12H,2,5-6,8H2,1H3,(H,21,22)/t10-,12-/m1/s1. The van der Waals surface area contributed by atoms with Gasteiger partial charge in [-0.25, -0.2) is 4.68 Å². The molecule has 1 aliphatic heterocycles. The van der Waals surface area contributed by atoms with E-state index in [-0.39, 0.29) is 17.6 Å². The smallest absolute Gasteiger partial charge is 0.308 e. The summed E-state index contributed by atoms with van der Waals surface area (Å²) in [6.07, 6.45) is 2.92. The summed E-state index contributed by atoms with van der Waals surface area (Å²) in [5.74, 6) is -1.62. The van der Waals surface area contributed by atoms with E-state index in [2.05, 4.69) is 10.3 Å². The molecule has 0 saturated carbocycles. The Morgan fingerprint density at radius 1 is 1.48 bits per heavy atom. The Labute approximate surface area is 137 Å². The highest BCUT2D eigenvalue weighted by Gasteiger charge is 2.36. The summed E-state index contributed by atoms with van der Waals surface area (Å²) in [7, 11) is 0. The molecule has 0 radical (unpaired) electrons. The zero-order valence-electron chi connectivity index (χ0n) is 12.8. The number of nitrogens with zero attached hydrogens (tertiary/aromatic N) is 4. The van der Waals surface area contributed by atoms with E-state index in [1.807, 2.05) is 17.5 Å². The molecule has 0 spiro atoms. The molecule has 122 valence electrons. The number of carbonyl (C=O) groups is 2. The SMILES string of the molecule is C[C@@H]1[C@H](C(=O)O)CCCN1C(=O)c1cn(Cc2cccs2)nn1. The normalized spacial score (nSPS) is 21.3. The van der Waals surface area contributed by atoms with Gasteiger partial charge in [0.05, 0.1) is 18.7 Å². The Bertz CT molecular complexity index is 697. The van der Waals surface area contributed by atoms with Gasteiger partial charge < -0.3 is 10.0 Å². The second-order valence-electron chi connectivity index (χ2n) is 5.71. The summed E-state index contributed by atoms with van der Waals surface area (Å²) in [6.45, 7) is 2.92. The molecule has 0 aliphatic carbocycles. The number of aromatic nitrogens is 3. The number of rotatable bonds is 4. The lowest BCUT2D eigenvalue weighted by Gasteiger charge is -2.36. The van der Waals surface area contributed by atoms with Gasteiger partial charge in [0.15, 0.2) is 5.69 Å². The lowest BCUT2D eigenvalue weighted by atomic mass is 9.90. The van der Waals surface area contributed by atoms with Crippen molar-refractivity contribution in [2.75, 3.05) is 6.54 Å². The van der Waals surface area contributed by atoms with Crippen molar-refractivity contribution in [2.45, 2.75) is 32.4 Å². The Hall–Kier alpha value is -2.22. The van der Waals surface area contributed by atoms with Gasteiger partial charge >= 0.3 is 5.97 Å². The molecule has 1 amide bonds. The molecular weight excluding hydrogens is 316 g/mol. The molecule has 0 unspecified atom stereocenters. The molecular formula is C15H18N4O3S. The first-order valence-corrected chi connectivity index (χ1v) is 8.40. The van der Waals surface area contributed by atoms with E-state index in [1.165, 1.54) is 0 Å². The largest absolute Gasteiger partial charge is 0.481 e. The van der Waals surface area contributed by atoms with Crippen molar-refractivity contribution in [1.29, 1.82) is 0 Å². The average molecular weight is 334 g/mol. The molecule has 8 heteroatoms. The number of likely N-dealkylation sites (tertiary alicyclic amines) is 1. The zero-order chi connectivity index (χ0) is 16.4. The lowest BCUT2D eigenvalue weighted by Crippen LogP contribution is -2.49. The van der Waals surface area contributed by atoms with Crippen LogP contribution in [0.25, 0.3) is 0 Å². The van der Waals surface area contributed by atoms with Crippen molar-refractivity contribution in [3.63, 3.8) is 0 Å². The van der Waals surface area contributed by atoms with Crippen molar-refractivity contribution in [3.05, 3.63) is 34.3 Å². The number of thiophene rings is 1. The molecule has 23 heavy (non-hydrogen) atoms. The highest BCUT2D eigenvalue weighted by molar-refractivity contribution is 7.09. The Kier molecular flexibility index (Phi) is 4.42. The van der Waals surface area contributed by atoms with E-state index >= 15 is 0 Å². The van der Waals surface area contributed by atoms with Gasteiger partial charge in [-0.3, -0.25) is 9.59 Å². The maximum atomic E-state index is 12.6. The first kappa shape index (κ1) is 15.7. The monoisotopic (exact) mass is 334 g/mol. The van der Waals surface area contributed by atoms with E-state index < -0.39 is 11.9 Å². The zero-order valence-corrected chi connectivity index (χ0v) is 13.6. The summed E-state index contributed by atoms with van der Waals surface area (Å²) in [5, 5.41) is 19.2. The van der Waals surface area contributed by atoms with E-state index in [4.69, 9.17) is 0 Å². The van der Waals surface area contributed by atoms with Gasteiger partial charge in [-0.1, -0.05) is 11.3 Å². The summed E-state index contributed by atoms with van der Waals surface area (Å²) < 4.78 is 1.63. The molecule has 0 aromatic carbocycles. The minimum Gasteiger partial charge on any atom is -0.481 e. The number of carbonyl (C=O) groups excluding carboxylic acids is 1. The predicted molar refractivity (Wildman–Crippen MR) is 84.3 cm³/mol. The van der Waals surface area contributed by atoms with E-state index in [1.54, 1.807) is 34.0 Å². The summed E-state index contributed by atoms with van der Waals surface area (Å²) in [4.78, 5) is 26.6. The van der Waals surface area contributed by atoms with Gasteiger partial charge in [-0.15, -0.1) is 16.4 Å². The number of piperidine rings is 1. The van der Waals surface area contributed by atoms with Crippen LogP contribution in [-0.4, -0.2) is 49.5 Å². The molecule has 2 atom stereocenters. The van der Waals surface area contributed by atoms with Gasteiger partial charge in [0.25, 0.3) is 5.91 Å². The highest BCUT2D eigenvalue weighted by atomic mass is 32.1. The third kappa shape index (κ3) is 3.26. The van der Waals surface area contributed by atoms with E-state index in [9.17, 15) is 14.7 Å². The molecule has 3 rings (SSSR count). The third-order valence-corrected chi connectivity index (χ3v) is 5.08. The van der Waals surface area contributed by atoms with Crippen molar-refractivity contribution < 1.29 is 14.7 Å². The molecule has 3 heterocycles. The van der Waals surface area contributed by atoms with Gasteiger partial charge in [0.1, 0.15) is 0 Å². The fourth-order valence-electron chi connectivity index (χ4n) is 2.94. The van der Waals surface area contributed by atoms with Crippen LogP contribution in [0.1, 0.15) is 35.1 Å². The fraction of sp³-hybridized carbons (Fsp3) is 0.467. The quantitative estimate of drug-likeness (QED) is 0.919. The second-order valence-corrected chi connectivity index (χ2v) is 6.74. The first-order valence-electron chi connectivity index (χ1n) is 7.52. The lowest BCUT2D eigenvalue weighted by molar-refractivity contribution is -0.144. The average Bonchev–Trinajstić information content (AvgIpc) is 3.19. The van der Waals surface area contributed by atoms with Crippen LogP contribution in [0, 0.1) is 5.92 Å². The van der Waals surface area contributed by atoms with Crippen LogP contribution in [0.15, 0.2) is 23.7 Å². The first-order chi connectivity index (χ1) is 11.1. The second kappa shape index (κ2) is 6.49. The summed E-state index contributed by atoms with van der Waals surface area (Å²) >= 11 is 1.62. The van der Waals surface area contributed by atoms with Crippen molar-refractivity contribution in [2.24, 2.45) is 5.92 Å². The van der Waals surface area contributed by atoms with Crippen LogP contribution in [0.4, 0.5) is 0 Å². The Morgan fingerprint density at radius 2 is 2.30 bits per heavy atom.